The van der Waals surface area contributed by atoms with E-state index in [1.54, 1.807) is 0 Å². The van der Waals surface area contributed by atoms with Crippen molar-refractivity contribution in [3.8, 4) is 11.5 Å². The Kier molecular flexibility index (Phi) is 5.14. The zero-order valence-electron chi connectivity index (χ0n) is 20.0. The van der Waals surface area contributed by atoms with Crippen LogP contribution >= 0.6 is 0 Å². The molecule has 6 aromatic rings. The van der Waals surface area contributed by atoms with E-state index in [1.807, 2.05) is 60.7 Å². The van der Waals surface area contributed by atoms with Gasteiger partial charge in [0.15, 0.2) is 5.58 Å². The molecule has 176 valence electrons. The van der Waals surface area contributed by atoms with Crippen molar-refractivity contribution in [3.63, 3.8) is 0 Å². The second kappa shape index (κ2) is 8.92. The van der Waals surface area contributed by atoms with Gasteiger partial charge in [0.1, 0.15) is 11.7 Å². The van der Waals surface area contributed by atoms with Crippen molar-refractivity contribution in [1.29, 1.82) is 0 Å². The summed E-state index contributed by atoms with van der Waals surface area (Å²) in [6.45, 7) is 0. The number of benzene rings is 5. The molecule has 0 amide bonds. The maximum Gasteiger partial charge on any atom is 0.227 e. The maximum atomic E-state index is 6.31. The van der Waals surface area contributed by atoms with Gasteiger partial charge in [0.2, 0.25) is 5.89 Å². The van der Waals surface area contributed by atoms with Crippen molar-refractivity contribution in [2.75, 3.05) is 0 Å². The van der Waals surface area contributed by atoms with Gasteiger partial charge in [-0.2, -0.15) is 0 Å². The number of nitrogens with one attached hydrogen (secondary N) is 1. The van der Waals surface area contributed by atoms with E-state index in [2.05, 4.69) is 72.1 Å². The molecule has 0 saturated heterocycles. The Bertz CT molecular complexity index is 1790. The molecule has 0 bridgehead atoms. The average molecular weight is 478 g/mol. The molecule has 1 N–H and O–H groups in total. The maximum absolute atomic E-state index is 6.31. The van der Waals surface area contributed by atoms with Gasteiger partial charge in [0.25, 0.3) is 0 Å². The summed E-state index contributed by atoms with van der Waals surface area (Å²) in [5, 5.41) is 5.79. The third-order valence-electron chi connectivity index (χ3n) is 6.73. The van der Waals surface area contributed by atoms with Gasteiger partial charge in [-0.1, -0.05) is 97.1 Å². The van der Waals surface area contributed by atoms with Gasteiger partial charge >= 0.3 is 0 Å². The minimum atomic E-state index is -0.244. The van der Waals surface area contributed by atoms with Crippen LogP contribution < -0.4 is 5.32 Å². The lowest BCUT2D eigenvalue weighted by Crippen LogP contribution is -2.24. The van der Waals surface area contributed by atoms with Crippen LogP contribution in [0.3, 0.4) is 0 Å². The molecule has 0 aliphatic carbocycles. The lowest BCUT2D eigenvalue weighted by atomic mass is 10.0. The fourth-order valence-corrected chi connectivity index (χ4v) is 4.84. The van der Waals surface area contributed by atoms with E-state index in [4.69, 9.17) is 14.4 Å². The number of fused-ring (bicyclic) bond motifs is 3. The second-order valence-electron chi connectivity index (χ2n) is 9.13. The number of rotatable bonds is 4. The SMILES string of the molecule is C1=C(c2ccccc2)NC(c2ccc3ccc4nc(-c5ccccc5)oc4c3c2)N=C1c1ccccc1. The largest absolute Gasteiger partial charge is 0.435 e. The molecular formula is C33H23N3O. The first-order valence-corrected chi connectivity index (χ1v) is 12.4. The smallest absolute Gasteiger partial charge is 0.227 e. The highest BCUT2D eigenvalue weighted by atomic mass is 16.3. The fourth-order valence-electron chi connectivity index (χ4n) is 4.84. The van der Waals surface area contributed by atoms with Crippen molar-refractivity contribution < 1.29 is 4.42 Å². The lowest BCUT2D eigenvalue weighted by molar-refractivity contribution is 0.622. The zero-order chi connectivity index (χ0) is 24.6. The Morgan fingerprint density at radius 2 is 1.30 bits per heavy atom. The summed E-state index contributed by atoms with van der Waals surface area (Å²) in [7, 11) is 0. The van der Waals surface area contributed by atoms with Crippen LogP contribution in [-0.2, 0) is 0 Å². The number of nitrogens with zero attached hydrogens (tertiary/aromatic N) is 2. The van der Waals surface area contributed by atoms with E-state index in [0.717, 1.165) is 55.5 Å². The topological polar surface area (TPSA) is 50.4 Å². The van der Waals surface area contributed by atoms with Crippen LogP contribution in [0.4, 0.5) is 0 Å². The number of aromatic nitrogens is 1. The van der Waals surface area contributed by atoms with Gasteiger partial charge in [-0.05, 0) is 52.4 Å². The molecule has 0 fully saturated rings. The minimum Gasteiger partial charge on any atom is -0.435 e. The summed E-state index contributed by atoms with van der Waals surface area (Å²) in [5.41, 5.74) is 7.88. The molecule has 4 heteroatoms. The van der Waals surface area contributed by atoms with Crippen LogP contribution in [0.1, 0.15) is 22.9 Å². The second-order valence-corrected chi connectivity index (χ2v) is 9.13. The summed E-state index contributed by atoms with van der Waals surface area (Å²) in [4.78, 5) is 9.88. The van der Waals surface area contributed by atoms with Crippen LogP contribution in [0, 0.1) is 0 Å². The predicted molar refractivity (Wildman–Crippen MR) is 150 cm³/mol. The Morgan fingerprint density at radius 1 is 0.649 bits per heavy atom. The molecular weight excluding hydrogens is 454 g/mol. The molecule has 1 aliphatic heterocycles. The molecule has 0 spiro atoms. The highest BCUT2D eigenvalue weighted by Gasteiger charge is 2.20. The first-order chi connectivity index (χ1) is 18.3. The molecule has 0 saturated carbocycles. The van der Waals surface area contributed by atoms with E-state index < -0.39 is 0 Å². The van der Waals surface area contributed by atoms with E-state index in [-0.39, 0.29) is 6.17 Å². The first-order valence-electron chi connectivity index (χ1n) is 12.4. The van der Waals surface area contributed by atoms with Gasteiger partial charge < -0.3 is 9.73 Å². The molecule has 1 aromatic heterocycles. The van der Waals surface area contributed by atoms with Gasteiger partial charge in [-0.15, -0.1) is 0 Å². The number of hydrogen-bond donors (Lipinski definition) is 1. The van der Waals surface area contributed by atoms with Gasteiger partial charge in [-0.3, -0.25) is 4.99 Å². The normalized spacial score (nSPS) is 15.3. The van der Waals surface area contributed by atoms with Gasteiger partial charge in [0, 0.05) is 16.6 Å². The quantitative estimate of drug-likeness (QED) is 0.282. The van der Waals surface area contributed by atoms with Crippen LogP contribution in [0.5, 0.6) is 0 Å². The first kappa shape index (κ1) is 21.3. The van der Waals surface area contributed by atoms with E-state index in [9.17, 15) is 0 Å². The van der Waals surface area contributed by atoms with Crippen molar-refractivity contribution in [3.05, 3.63) is 144 Å². The highest BCUT2D eigenvalue weighted by molar-refractivity contribution is 6.13. The third-order valence-corrected chi connectivity index (χ3v) is 6.73. The number of allylic oxidation sites excluding steroid dienone is 1. The summed E-state index contributed by atoms with van der Waals surface area (Å²) < 4.78 is 6.31. The summed E-state index contributed by atoms with van der Waals surface area (Å²) in [6.07, 6.45) is 1.88. The Hall–Kier alpha value is -4.96. The van der Waals surface area contributed by atoms with Crippen LogP contribution in [0.2, 0.25) is 0 Å². The van der Waals surface area contributed by atoms with E-state index >= 15 is 0 Å². The number of aliphatic imine (C=N–C) groups is 1. The summed E-state index contributed by atoms with van der Waals surface area (Å²) in [5.74, 6) is 0.628. The summed E-state index contributed by atoms with van der Waals surface area (Å²) in [6, 6.07) is 41.3. The third kappa shape index (κ3) is 3.99. The van der Waals surface area contributed by atoms with Crippen molar-refractivity contribution >= 4 is 33.3 Å². The molecule has 1 atom stereocenters. The van der Waals surface area contributed by atoms with Gasteiger partial charge in [0.05, 0.1) is 5.71 Å². The fraction of sp³-hybridized carbons (Fsp3) is 0.0303. The highest BCUT2D eigenvalue weighted by Crippen LogP contribution is 2.33. The molecule has 4 nitrogen and oxygen atoms in total. The van der Waals surface area contributed by atoms with E-state index in [1.165, 1.54) is 0 Å². The lowest BCUT2D eigenvalue weighted by Gasteiger charge is -2.25. The minimum absolute atomic E-state index is 0.244. The van der Waals surface area contributed by atoms with Gasteiger partial charge in [-0.25, -0.2) is 4.98 Å². The Morgan fingerprint density at radius 3 is 2.03 bits per heavy atom. The zero-order valence-corrected chi connectivity index (χ0v) is 20.0. The molecule has 1 aliphatic rings. The Balaban J connectivity index is 1.35. The van der Waals surface area contributed by atoms with Crippen LogP contribution in [0.25, 0.3) is 39.0 Å². The Labute approximate surface area is 214 Å². The molecule has 37 heavy (non-hydrogen) atoms. The van der Waals surface area contributed by atoms with Crippen LogP contribution in [0.15, 0.2) is 137 Å². The molecule has 7 rings (SSSR count). The van der Waals surface area contributed by atoms with Crippen LogP contribution in [-0.4, -0.2) is 10.7 Å². The number of hydrogen-bond acceptors (Lipinski definition) is 4. The number of oxazole rings is 1. The van der Waals surface area contributed by atoms with E-state index in [0.29, 0.717) is 5.89 Å². The standard InChI is InChI=1S/C33H23N3O/c1-4-10-23(11-5-1)29-21-30(24-12-6-2-7-13-24)35-32(34-29)26-17-16-22-18-19-28-31(27(22)20-26)37-33(36-28)25-14-8-3-9-15-25/h1-21,32,34H. The predicted octanol–water partition coefficient (Wildman–Crippen LogP) is 7.78. The molecule has 0 radical (unpaired) electrons. The van der Waals surface area contributed by atoms with Crippen molar-refractivity contribution in [2.45, 2.75) is 6.17 Å². The monoisotopic (exact) mass is 477 g/mol. The molecule has 2 heterocycles. The summed E-state index contributed by atoms with van der Waals surface area (Å²) >= 11 is 0. The average Bonchev–Trinajstić information content (AvgIpc) is 3.43. The van der Waals surface area contributed by atoms with Crippen molar-refractivity contribution in [2.24, 2.45) is 4.99 Å². The molecule has 1 unspecified atom stereocenters. The molecule has 5 aromatic carbocycles. The van der Waals surface area contributed by atoms with Crippen molar-refractivity contribution in [1.82, 2.24) is 10.3 Å².